The molecule has 194 valence electrons. The number of carbonyl (C=O) groups is 3. The molecule has 0 aromatic heterocycles. The highest BCUT2D eigenvalue weighted by atomic mass is 16.5. The number of likely N-dealkylation sites (tertiary alicyclic amines) is 1. The van der Waals surface area contributed by atoms with Gasteiger partial charge in [0, 0.05) is 35.8 Å². The molecule has 8 nitrogen and oxygen atoms in total. The smallest absolute Gasteiger partial charge is 0.310 e. The summed E-state index contributed by atoms with van der Waals surface area (Å²) in [5, 5.41) is 13.1. The summed E-state index contributed by atoms with van der Waals surface area (Å²) in [5.74, 6) is -1.02. The average Bonchev–Trinajstić information content (AvgIpc) is 3.16. The molecule has 1 unspecified atom stereocenters. The molecule has 2 N–H and O–H groups in total. The SMILES string of the molecule is COC(=O)[C@@H]1C[C@H](N(C)C(C)C)CC[C@@H]1N1CCC(NC(=O)c2ccc(O)c(C(C)(C)C)c2)C1=O. The Kier molecular flexibility index (Phi) is 8.14. The molecule has 0 radical (unpaired) electrons. The molecule has 1 heterocycles. The van der Waals surface area contributed by atoms with Crippen molar-refractivity contribution in [3.8, 4) is 5.75 Å². The Morgan fingerprint density at radius 1 is 1.20 bits per heavy atom. The first kappa shape index (κ1) is 27.0. The molecule has 2 amide bonds. The Hall–Kier alpha value is -2.61. The number of aromatic hydroxyl groups is 1. The van der Waals surface area contributed by atoms with E-state index in [0.29, 0.717) is 36.6 Å². The molecule has 35 heavy (non-hydrogen) atoms. The minimum Gasteiger partial charge on any atom is -0.508 e. The minimum absolute atomic E-state index is 0.143. The molecule has 8 heteroatoms. The fourth-order valence-electron chi connectivity index (χ4n) is 5.39. The highest BCUT2D eigenvalue weighted by Crippen LogP contribution is 2.35. The van der Waals surface area contributed by atoms with Crippen molar-refractivity contribution < 1.29 is 24.2 Å². The summed E-state index contributed by atoms with van der Waals surface area (Å²) in [7, 11) is 3.47. The maximum absolute atomic E-state index is 13.3. The summed E-state index contributed by atoms with van der Waals surface area (Å²) in [6, 6.07) is 4.53. The van der Waals surface area contributed by atoms with E-state index in [1.54, 1.807) is 17.0 Å². The second kappa shape index (κ2) is 10.6. The van der Waals surface area contributed by atoms with Crippen molar-refractivity contribution >= 4 is 17.8 Å². The lowest BCUT2D eigenvalue weighted by Crippen LogP contribution is -2.53. The van der Waals surface area contributed by atoms with Gasteiger partial charge in [0.1, 0.15) is 11.8 Å². The lowest BCUT2D eigenvalue weighted by molar-refractivity contribution is -0.152. The van der Waals surface area contributed by atoms with Crippen LogP contribution in [-0.2, 0) is 19.7 Å². The van der Waals surface area contributed by atoms with Gasteiger partial charge in [-0.2, -0.15) is 0 Å². The van der Waals surface area contributed by atoms with Crippen molar-refractivity contribution in [2.75, 3.05) is 20.7 Å². The van der Waals surface area contributed by atoms with Crippen LogP contribution in [0.5, 0.6) is 5.75 Å². The van der Waals surface area contributed by atoms with Crippen LogP contribution in [0.4, 0.5) is 0 Å². The number of nitrogens with one attached hydrogen (secondary N) is 1. The first-order valence-corrected chi connectivity index (χ1v) is 12.6. The molecule has 0 bridgehead atoms. The summed E-state index contributed by atoms with van der Waals surface area (Å²) >= 11 is 0. The molecule has 1 aromatic carbocycles. The zero-order valence-corrected chi connectivity index (χ0v) is 22.1. The van der Waals surface area contributed by atoms with Gasteiger partial charge in [-0.15, -0.1) is 0 Å². The number of ether oxygens (including phenoxy) is 1. The van der Waals surface area contributed by atoms with E-state index in [1.807, 2.05) is 20.8 Å². The maximum atomic E-state index is 13.3. The molecule has 3 rings (SSSR count). The van der Waals surface area contributed by atoms with Gasteiger partial charge in [0.2, 0.25) is 5.91 Å². The van der Waals surface area contributed by atoms with E-state index in [1.165, 1.54) is 13.2 Å². The van der Waals surface area contributed by atoms with Crippen LogP contribution in [-0.4, -0.2) is 77.6 Å². The molecule has 2 aliphatic rings. The quantitative estimate of drug-likeness (QED) is 0.599. The van der Waals surface area contributed by atoms with Gasteiger partial charge in [-0.25, -0.2) is 0 Å². The molecule has 0 spiro atoms. The molecule has 1 aromatic rings. The first-order chi connectivity index (χ1) is 16.3. The monoisotopic (exact) mass is 487 g/mol. The van der Waals surface area contributed by atoms with Crippen LogP contribution in [0.2, 0.25) is 0 Å². The van der Waals surface area contributed by atoms with E-state index < -0.39 is 6.04 Å². The van der Waals surface area contributed by atoms with Crippen molar-refractivity contribution in [1.82, 2.24) is 15.1 Å². The molecular formula is C27H41N3O5. The standard InChI is InChI=1S/C27H41N3O5/c1-16(2)29(6)18-9-10-22(19(15-18)26(34)35-7)30-13-12-21(25(30)33)28-24(32)17-8-11-23(31)20(14-17)27(3,4)5/h8,11,14,16,18-19,21-22,31H,9-10,12-13,15H2,1-7H3,(H,28,32)/t18-,19-,21?,22+/m1/s1. The number of benzene rings is 1. The van der Waals surface area contributed by atoms with Crippen LogP contribution in [0.25, 0.3) is 0 Å². The van der Waals surface area contributed by atoms with Crippen LogP contribution in [0.1, 0.15) is 76.2 Å². The fraction of sp³-hybridized carbons (Fsp3) is 0.667. The van der Waals surface area contributed by atoms with E-state index in [-0.39, 0.29) is 46.9 Å². The zero-order chi connectivity index (χ0) is 26.1. The van der Waals surface area contributed by atoms with Gasteiger partial charge >= 0.3 is 5.97 Å². The predicted molar refractivity (Wildman–Crippen MR) is 134 cm³/mol. The zero-order valence-electron chi connectivity index (χ0n) is 22.1. The van der Waals surface area contributed by atoms with Crippen LogP contribution in [0, 0.1) is 5.92 Å². The molecule has 1 saturated carbocycles. The van der Waals surface area contributed by atoms with Crippen molar-refractivity contribution in [3.63, 3.8) is 0 Å². The Labute approximate surface area is 209 Å². The lowest BCUT2D eigenvalue weighted by atomic mass is 9.80. The number of amides is 2. The summed E-state index contributed by atoms with van der Waals surface area (Å²) in [5.41, 5.74) is 0.753. The molecule has 2 fully saturated rings. The van der Waals surface area contributed by atoms with Gasteiger partial charge < -0.3 is 25.0 Å². The highest BCUT2D eigenvalue weighted by Gasteiger charge is 2.45. The van der Waals surface area contributed by atoms with Gasteiger partial charge in [0.05, 0.1) is 13.0 Å². The van der Waals surface area contributed by atoms with Gasteiger partial charge in [-0.05, 0) is 70.2 Å². The summed E-state index contributed by atoms with van der Waals surface area (Å²) in [4.78, 5) is 43.1. The minimum atomic E-state index is -0.635. The Morgan fingerprint density at radius 3 is 2.49 bits per heavy atom. The number of rotatable bonds is 6. The largest absolute Gasteiger partial charge is 0.508 e. The Morgan fingerprint density at radius 2 is 1.89 bits per heavy atom. The Balaban J connectivity index is 1.72. The van der Waals surface area contributed by atoms with Crippen LogP contribution < -0.4 is 5.32 Å². The Bertz CT molecular complexity index is 955. The third-order valence-electron chi connectivity index (χ3n) is 7.69. The van der Waals surface area contributed by atoms with Crippen molar-refractivity contribution in [3.05, 3.63) is 29.3 Å². The van der Waals surface area contributed by atoms with Crippen LogP contribution in [0.3, 0.4) is 0 Å². The average molecular weight is 488 g/mol. The number of esters is 1. The van der Waals surface area contributed by atoms with E-state index in [2.05, 4.69) is 31.1 Å². The van der Waals surface area contributed by atoms with Gasteiger partial charge in [-0.1, -0.05) is 20.8 Å². The molecule has 4 atom stereocenters. The van der Waals surface area contributed by atoms with E-state index in [9.17, 15) is 19.5 Å². The van der Waals surface area contributed by atoms with E-state index in [4.69, 9.17) is 4.74 Å². The topological polar surface area (TPSA) is 99.2 Å². The summed E-state index contributed by atoms with van der Waals surface area (Å²) < 4.78 is 5.12. The lowest BCUT2D eigenvalue weighted by Gasteiger charge is -2.43. The number of phenolic OH excluding ortho intramolecular Hbond substituents is 1. The second-order valence-electron chi connectivity index (χ2n) is 11.3. The van der Waals surface area contributed by atoms with Crippen molar-refractivity contribution in [2.45, 2.75) is 89.9 Å². The second-order valence-corrected chi connectivity index (χ2v) is 11.3. The van der Waals surface area contributed by atoms with Gasteiger partial charge in [0.15, 0.2) is 0 Å². The summed E-state index contributed by atoms with van der Waals surface area (Å²) in [6.07, 6.45) is 2.77. The predicted octanol–water partition coefficient (Wildman–Crippen LogP) is 3.07. The molecule has 1 aliphatic carbocycles. The van der Waals surface area contributed by atoms with Crippen LogP contribution in [0.15, 0.2) is 18.2 Å². The van der Waals surface area contributed by atoms with Gasteiger partial charge in [0.25, 0.3) is 5.91 Å². The number of nitrogens with zero attached hydrogens (tertiary/aromatic N) is 2. The number of carbonyl (C=O) groups excluding carboxylic acids is 3. The number of hydrogen-bond donors (Lipinski definition) is 2. The van der Waals surface area contributed by atoms with Crippen LogP contribution >= 0.6 is 0 Å². The van der Waals surface area contributed by atoms with E-state index >= 15 is 0 Å². The summed E-state index contributed by atoms with van der Waals surface area (Å²) in [6.45, 7) is 10.7. The van der Waals surface area contributed by atoms with E-state index in [0.717, 1.165) is 12.8 Å². The number of hydrogen-bond acceptors (Lipinski definition) is 6. The maximum Gasteiger partial charge on any atom is 0.310 e. The molecule has 1 saturated heterocycles. The van der Waals surface area contributed by atoms with Gasteiger partial charge in [-0.3, -0.25) is 14.4 Å². The fourth-order valence-corrected chi connectivity index (χ4v) is 5.39. The third-order valence-corrected chi connectivity index (χ3v) is 7.69. The molecular weight excluding hydrogens is 446 g/mol. The van der Waals surface area contributed by atoms with Crippen molar-refractivity contribution in [2.24, 2.45) is 5.92 Å². The highest BCUT2D eigenvalue weighted by molar-refractivity contribution is 5.98. The molecule has 1 aliphatic heterocycles. The number of methoxy groups -OCH3 is 1. The first-order valence-electron chi connectivity index (χ1n) is 12.6. The normalized spacial score (nSPS) is 25.3. The van der Waals surface area contributed by atoms with Crippen molar-refractivity contribution in [1.29, 1.82) is 0 Å². The number of phenols is 1. The third kappa shape index (κ3) is 5.80.